The summed E-state index contributed by atoms with van der Waals surface area (Å²) in [7, 11) is 0. The fraction of sp³-hybridized carbons (Fsp3) is 0.100. The zero-order valence-electron chi connectivity index (χ0n) is 7.31. The number of aromatic hydroxyl groups is 1. The summed E-state index contributed by atoms with van der Waals surface area (Å²) < 4.78 is 1.76. The van der Waals surface area contributed by atoms with Crippen molar-refractivity contribution in [3.05, 3.63) is 42.2 Å². The van der Waals surface area contributed by atoms with E-state index in [-0.39, 0.29) is 0 Å². The van der Waals surface area contributed by atoms with Crippen LogP contribution in [0.25, 0.3) is 5.69 Å². The highest BCUT2D eigenvalue weighted by Gasteiger charge is 1.99. The first-order valence-electron chi connectivity index (χ1n) is 4.07. The molecule has 66 valence electrons. The van der Waals surface area contributed by atoms with Gasteiger partial charge in [-0.15, -0.1) is 0 Å². The van der Waals surface area contributed by atoms with Crippen LogP contribution in [0.15, 0.2) is 36.7 Å². The van der Waals surface area contributed by atoms with Crippen molar-refractivity contribution in [2.75, 3.05) is 0 Å². The molecule has 1 aromatic heterocycles. The number of benzene rings is 1. The van der Waals surface area contributed by atoms with E-state index in [0.717, 1.165) is 11.3 Å². The summed E-state index contributed by atoms with van der Waals surface area (Å²) in [5, 5.41) is 13.4. The molecule has 0 spiro atoms. The lowest BCUT2D eigenvalue weighted by Gasteiger charge is -2.03. The molecule has 1 heterocycles. The molecule has 0 atom stereocenters. The summed E-state index contributed by atoms with van der Waals surface area (Å²) in [4.78, 5) is 0. The van der Waals surface area contributed by atoms with Crippen LogP contribution in [0.2, 0.25) is 0 Å². The van der Waals surface area contributed by atoms with Crippen molar-refractivity contribution in [2.24, 2.45) is 0 Å². The van der Waals surface area contributed by atoms with E-state index in [1.54, 1.807) is 16.9 Å². The molecule has 3 heteroatoms. The Hall–Kier alpha value is -1.77. The van der Waals surface area contributed by atoms with Crippen molar-refractivity contribution in [2.45, 2.75) is 6.92 Å². The molecule has 0 saturated carbocycles. The van der Waals surface area contributed by atoms with Crippen molar-refractivity contribution in [1.29, 1.82) is 0 Å². The molecule has 0 radical (unpaired) electrons. The summed E-state index contributed by atoms with van der Waals surface area (Å²) in [6.45, 7) is 1.86. The SMILES string of the molecule is Cc1cc(-n2cccn2)ccc1O. The molecule has 0 fully saturated rings. The standard InChI is InChI=1S/C10H10N2O/c1-8-7-9(3-4-10(8)13)12-6-2-5-11-12/h2-7,13H,1H3. The second kappa shape index (κ2) is 2.94. The second-order valence-electron chi connectivity index (χ2n) is 2.92. The summed E-state index contributed by atoms with van der Waals surface area (Å²) >= 11 is 0. The molecule has 0 saturated heterocycles. The van der Waals surface area contributed by atoms with Gasteiger partial charge in [-0.25, -0.2) is 4.68 Å². The van der Waals surface area contributed by atoms with E-state index in [2.05, 4.69) is 5.10 Å². The molecule has 0 aliphatic carbocycles. The van der Waals surface area contributed by atoms with E-state index in [1.807, 2.05) is 31.3 Å². The minimum atomic E-state index is 0.316. The average molecular weight is 174 g/mol. The summed E-state index contributed by atoms with van der Waals surface area (Å²) in [6, 6.07) is 7.26. The molecule has 2 rings (SSSR count). The maximum absolute atomic E-state index is 9.31. The van der Waals surface area contributed by atoms with E-state index >= 15 is 0 Å². The van der Waals surface area contributed by atoms with Gasteiger partial charge in [0, 0.05) is 12.4 Å². The zero-order valence-corrected chi connectivity index (χ0v) is 7.31. The largest absolute Gasteiger partial charge is 0.508 e. The second-order valence-corrected chi connectivity index (χ2v) is 2.92. The monoisotopic (exact) mass is 174 g/mol. The molecule has 0 bridgehead atoms. The number of phenolic OH excluding ortho intramolecular Hbond substituents is 1. The number of aromatic nitrogens is 2. The predicted octanol–water partition coefficient (Wildman–Crippen LogP) is 1.89. The fourth-order valence-electron chi connectivity index (χ4n) is 1.20. The van der Waals surface area contributed by atoms with Crippen LogP contribution in [0.5, 0.6) is 5.75 Å². The molecule has 2 aromatic rings. The van der Waals surface area contributed by atoms with Gasteiger partial charge in [0.1, 0.15) is 5.75 Å². The minimum absolute atomic E-state index is 0.316. The number of aryl methyl sites for hydroxylation is 1. The highest BCUT2D eigenvalue weighted by Crippen LogP contribution is 2.18. The molecule has 0 amide bonds. The smallest absolute Gasteiger partial charge is 0.118 e. The quantitative estimate of drug-likeness (QED) is 0.716. The van der Waals surface area contributed by atoms with Gasteiger partial charge >= 0.3 is 0 Å². The Balaban J connectivity index is 2.49. The average Bonchev–Trinajstić information content (AvgIpc) is 2.62. The molecular weight excluding hydrogens is 164 g/mol. The van der Waals surface area contributed by atoms with Gasteiger partial charge in [-0.3, -0.25) is 0 Å². The maximum atomic E-state index is 9.31. The van der Waals surface area contributed by atoms with Crippen molar-refractivity contribution < 1.29 is 5.11 Å². The fourth-order valence-corrected chi connectivity index (χ4v) is 1.20. The third kappa shape index (κ3) is 1.40. The van der Waals surface area contributed by atoms with E-state index in [9.17, 15) is 5.11 Å². The van der Waals surface area contributed by atoms with Crippen molar-refractivity contribution >= 4 is 0 Å². The first-order chi connectivity index (χ1) is 6.27. The van der Waals surface area contributed by atoms with Crippen LogP contribution in [0.4, 0.5) is 0 Å². The van der Waals surface area contributed by atoms with Crippen LogP contribution in [-0.4, -0.2) is 14.9 Å². The molecule has 0 aliphatic heterocycles. The number of phenols is 1. The van der Waals surface area contributed by atoms with Gasteiger partial charge in [-0.05, 0) is 36.8 Å². The first kappa shape index (κ1) is 7.86. The normalized spacial score (nSPS) is 10.2. The van der Waals surface area contributed by atoms with Crippen molar-refractivity contribution in [3.8, 4) is 11.4 Å². The molecule has 1 N–H and O–H groups in total. The van der Waals surface area contributed by atoms with E-state index in [4.69, 9.17) is 0 Å². The maximum Gasteiger partial charge on any atom is 0.118 e. The Morgan fingerprint density at radius 1 is 1.38 bits per heavy atom. The van der Waals surface area contributed by atoms with Gasteiger partial charge in [0.15, 0.2) is 0 Å². The Bertz CT molecular complexity index is 407. The Kier molecular flexibility index (Phi) is 1.77. The van der Waals surface area contributed by atoms with Crippen molar-refractivity contribution in [3.63, 3.8) is 0 Å². The minimum Gasteiger partial charge on any atom is -0.508 e. The molecule has 0 unspecified atom stereocenters. The molecule has 0 aliphatic rings. The van der Waals surface area contributed by atoms with E-state index in [1.165, 1.54) is 0 Å². The van der Waals surface area contributed by atoms with Gasteiger partial charge in [-0.2, -0.15) is 5.10 Å². The van der Waals surface area contributed by atoms with E-state index in [0.29, 0.717) is 5.75 Å². The Morgan fingerprint density at radius 3 is 2.85 bits per heavy atom. The highest BCUT2D eigenvalue weighted by atomic mass is 16.3. The van der Waals surface area contributed by atoms with Gasteiger partial charge in [0.2, 0.25) is 0 Å². The number of hydrogen-bond acceptors (Lipinski definition) is 2. The van der Waals surface area contributed by atoms with Gasteiger partial charge in [-0.1, -0.05) is 0 Å². The predicted molar refractivity (Wildman–Crippen MR) is 50.0 cm³/mol. The lowest BCUT2D eigenvalue weighted by atomic mass is 10.2. The topological polar surface area (TPSA) is 38.0 Å². The van der Waals surface area contributed by atoms with Crippen molar-refractivity contribution in [1.82, 2.24) is 9.78 Å². The molecule has 1 aromatic carbocycles. The van der Waals surface area contributed by atoms with Crippen LogP contribution in [0, 0.1) is 6.92 Å². The third-order valence-corrected chi connectivity index (χ3v) is 1.95. The highest BCUT2D eigenvalue weighted by molar-refractivity contribution is 5.42. The summed E-state index contributed by atoms with van der Waals surface area (Å²) in [5.41, 5.74) is 1.81. The van der Waals surface area contributed by atoms with Crippen LogP contribution in [-0.2, 0) is 0 Å². The molecule has 3 nitrogen and oxygen atoms in total. The molecule has 13 heavy (non-hydrogen) atoms. The number of hydrogen-bond donors (Lipinski definition) is 1. The zero-order chi connectivity index (χ0) is 9.26. The number of rotatable bonds is 1. The van der Waals surface area contributed by atoms with Gasteiger partial charge in [0.05, 0.1) is 5.69 Å². The van der Waals surface area contributed by atoms with Gasteiger partial charge in [0.25, 0.3) is 0 Å². The van der Waals surface area contributed by atoms with Crippen LogP contribution in [0.1, 0.15) is 5.56 Å². The summed E-state index contributed by atoms with van der Waals surface area (Å²) in [5.74, 6) is 0.316. The van der Waals surface area contributed by atoms with Crippen LogP contribution < -0.4 is 0 Å². The number of nitrogens with zero attached hydrogens (tertiary/aromatic N) is 2. The van der Waals surface area contributed by atoms with Gasteiger partial charge < -0.3 is 5.11 Å². The first-order valence-corrected chi connectivity index (χ1v) is 4.07. The van der Waals surface area contributed by atoms with Crippen LogP contribution >= 0.6 is 0 Å². The van der Waals surface area contributed by atoms with E-state index < -0.39 is 0 Å². The molecular formula is C10H10N2O. The Labute approximate surface area is 76.3 Å². The van der Waals surface area contributed by atoms with Crippen LogP contribution in [0.3, 0.4) is 0 Å². The Morgan fingerprint density at radius 2 is 2.23 bits per heavy atom. The third-order valence-electron chi connectivity index (χ3n) is 1.95. The lowest BCUT2D eigenvalue weighted by Crippen LogP contribution is -1.93. The lowest BCUT2D eigenvalue weighted by molar-refractivity contribution is 0.471. The summed E-state index contributed by atoms with van der Waals surface area (Å²) in [6.07, 6.45) is 3.59.